The van der Waals surface area contributed by atoms with E-state index in [4.69, 9.17) is 5.26 Å². The maximum absolute atomic E-state index is 12.1. The average molecular weight is 321 g/mol. The van der Waals surface area contributed by atoms with Gasteiger partial charge in [0, 0.05) is 5.38 Å². The highest BCUT2D eigenvalue weighted by molar-refractivity contribution is 7.92. The lowest BCUT2D eigenvalue weighted by molar-refractivity contribution is 0.600. The molecule has 110 valence electrons. The van der Waals surface area contributed by atoms with Crippen molar-refractivity contribution in [1.82, 2.24) is 4.98 Å². The van der Waals surface area contributed by atoms with Gasteiger partial charge in [-0.15, -0.1) is 11.3 Å². The Morgan fingerprint density at radius 2 is 2.00 bits per heavy atom. The molecule has 1 aromatic carbocycles. The van der Waals surface area contributed by atoms with Crippen LogP contribution >= 0.6 is 11.3 Å². The first-order chi connectivity index (χ1) is 9.89. The van der Waals surface area contributed by atoms with E-state index in [9.17, 15) is 8.42 Å². The summed E-state index contributed by atoms with van der Waals surface area (Å²) in [5.41, 5.74) is 2.00. The topological polar surface area (TPSA) is 82.9 Å². The third-order valence-corrected chi connectivity index (χ3v) is 4.92. The lowest BCUT2D eigenvalue weighted by atomic mass is 10.2. The molecule has 2 aromatic rings. The maximum atomic E-state index is 12.1. The number of sulfonamides is 1. The van der Waals surface area contributed by atoms with Crippen LogP contribution in [0.4, 0.5) is 5.13 Å². The summed E-state index contributed by atoms with van der Waals surface area (Å²) in [4.78, 5) is 4.25. The zero-order valence-corrected chi connectivity index (χ0v) is 13.3. The highest BCUT2D eigenvalue weighted by Crippen LogP contribution is 2.23. The van der Waals surface area contributed by atoms with E-state index < -0.39 is 10.0 Å². The van der Waals surface area contributed by atoms with Gasteiger partial charge in [0.05, 0.1) is 23.1 Å². The van der Waals surface area contributed by atoms with Crippen molar-refractivity contribution in [1.29, 1.82) is 5.26 Å². The van der Waals surface area contributed by atoms with E-state index in [0.29, 0.717) is 16.3 Å². The zero-order chi connectivity index (χ0) is 15.5. The van der Waals surface area contributed by atoms with Crippen molar-refractivity contribution in [3.63, 3.8) is 0 Å². The Kier molecular flexibility index (Phi) is 4.60. The average Bonchev–Trinajstić information content (AvgIpc) is 2.87. The summed E-state index contributed by atoms with van der Waals surface area (Å²) in [6, 6.07) is 8.48. The number of hydrogen-bond acceptors (Lipinski definition) is 5. The predicted octanol–water partition coefficient (Wildman–Crippen LogP) is 3.08. The third kappa shape index (κ3) is 4.28. The Labute approximate surface area is 128 Å². The summed E-state index contributed by atoms with van der Waals surface area (Å²) in [5.74, 6) is 0.119. The van der Waals surface area contributed by atoms with Crippen molar-refractivity contribution in [2.75, 3.05) is 4.72 Å². The van der Waals surface area contributed by atoms with Crippen LogP contribution in [-0.4, -0.2) is 13.4 Å². The molecular formula is C14H15N3O2S2. The number of anilines is 1. The Hall–Kier alpha value is -1.91. The minimum absolute atomic E-state index is 0.144. The van der Waals surface area contributed by atoms with Gasteiger partial charge in [-0.3, -0.25) is 4.72 Å². The normalized spacial score (nSPS) is 11.3. The molecule has 21 heavy (non-hydrogen) atoms. The smallest absolute Gasteiger partial charge is 0.238 e. The molecule has 0 bridgehead atoms. The molecule has 0 aliphatic heterocycles. The standard InChI is InChI=1S/C14H15N3O2S2/c1-10(2)13-8-20-14(16-13)17-21(18,19)9-12-5-3-11(7-15)4-6-12/h3-6,8,10H,9H2,1-2H3,(H,16,17). The number of nitrogens with one attached hydrogen (secondary N) is 1. The first-order valence-electron chi connectivity index (χ1n) is 6.34. The molecule has 0 fully saturated rings. The van der Waals surface area contributed by atoms with Crippen LogP contribution in [0.1, 0.15) is 36.6 Å². The fourth-order valence-corrected chi connectivity index (χ4v) is 3.97. The predicted molar refractivity (Wildman–Crippen MR) is 83.6 cm³/mol. The van der Waals surface area contributed by atoms with Gasteiger partial charge >= 0.3 is 0 Å². The number of benzene rings is 1. The van der Waals surface area contributed by atoms with Crippen LogP contribution in [0.25, 0.3) is 0 Å². The van der Waals surface area contributed by atoms with E-state index >= 15 is 0 Å². The minimum Gasteiger partial charge on any atom is -0.258 e. The van der Waals surface area contributed by atoms with E-state index in [1.807, 2.05) is 25.3 Å². The van der Waals surface area contributed by atoms with Gasteiger partial charge in [-0.2, -0.15) is 5.26 Å². The molecule has 2 rings (SSSR count). The highest BCUT2D eigenvalue weighted by atomic mass is 32.2. The summed E-state index contributed by atoms with van der Waals surface area (Å²) < 4.78 is 26.7. The SMILES string of the molecule is CC(C)c1csc(NS(=O)(=O)Cc2ccc(C#N)cc2)n1. The molecule has 7 heteroatoms. The van der Waals surface area contributed by atoms with Gasteiger partial charge < -0.3 is 0 Å². The van der Waals surface area contributed by atoms with Crippen LogP contribution in [0, 0.1) is 11.3 Å². The van der Waals surface area contributed by atoms with Crippen LogP contribution in [0.2, 0.25) is 0 Å². The van der Waals surface area contributed by atoms with Gasteiger partial charge in [0.25, 0.3) is 0 Å². The van der Waals surface area contributed by atoms with E-state index in [1.54, 1.807) is 24.3 Å². The summed E-state index contributed by atoms with van der Waals surface area (Å²) >= 11 is 1.28. The molecule has 1 heterocycles. The van der Waals surface area contributed by atoms with Crippen LogP contribution in [0.3, 0.4) is 0 Å². The number of nitrogens with zero attached hydrogens (tertiary/aromatic N) is 2. The van der Waals surface area contributed by atoms with Crippen LogP contribution in [0.5, 0.6) is 0 Å². The summed E-state index contributed by atoms with van der Waals surface area (Å²) in [6.45, 7) is 4.01. The van der Waals surface area contributed by atoms with E-state index in [2.05, 4.69) is 9.71 Å². The van der Waals surface area contributed by atoms with Gasteiger partial charge in [0.1, 0.15) is 0 Å². The number of rotatable bonds is 5. The van der Waals surface area contributed by atoms with E-state index in [0.717, 1.165) is 5.69 Å². The molecule has 0 saturated heterocycles. The Bertz CT molecular complexity index is 756. The van der Waals surface area contributed by atoms with Gasteiger partial charge in [0.15, 0.2) is 5.13 Å². The molecule has 0 atom stereocenters. The first-order valence-corrected chi connectivity index (χ1v) is 8.88. The number of thiazole rings is 1. The van der Waals surface area contributed by atoms with E-state index in [1.165, 1.54) is 11.3 Å². The molecule has 0 spiro atoms. The second kappa shape index (κ2) is 6.24. The fraction of sp³-hybridized carbons (Fsp3) is 0.286. The molecule has 0 radical (unpaired) electrons. The van der Waals surface area contributed by atoms with Crippen molar-refractivity contribution in [3.05, 3.63) is 46.5 Å². The molecule has 0 saturated carbocycles. The van der Waals surface area contributed by atoms with Crippen LogP contribution in [0.15, 0.2) is 29.6 Å². The number of nitriles is 1. The minimum atomic E-state index is -3.50. The van der Waals surface area contributed by atoms with Crippen molar-refractivity contribution in [2.24, 2.45) is 0 Å². The summed E-state index contributed by atoms with van der Waals surface area (Å²) in [7, 11) is -3.50. The second-order valence-electron chi connectivity index (χ2n) is 4.90. The number of aromatic nitrogens is 1. The molecule has 0 aliphatic rings. The van der Waals surface area contributed by atoms with Crippen molar-refractivity contribution in [2.45, 2.75) is 25.5 Å². The highest BCUT2D eigenvalue weighted by Gasteiger charge is 2.15. The molecule has 1 N–H and O–H groups in total. The van der Waals surface area contributed by atoms with Gasteiger partial charge in [0.2, 0.25) is 10.0 Å². The Balaban J connectivity index is 2.08. The second-order valence-corrected chi connectivity index (χ2v) is 7.48. The van der Waals surface area contributed by atoms with Gasteiger partial charge in [-0.05, 0) is 23.6 Å². The zero-order valence-electron chi connectivity index (χ0n) is 11.7. The van der Waals surface area contributed by atoms with Crippen molar-refractivity contribution >= 4 is 26.5 Å². The molecule has 5 nitrogen and oxygen atoms in total. The summed E-state index contributed by atoms with van der Waals surface area (Å²) in [5, 5.41) is 10.9. The van der Waals surface area contributed by atoms with Gasteiger partial charge in [-0.25, -0.2) is 13.4 Å². The van der Waals surface area contributed by atoms with E-state index in [-0.39, 0.29) is 11.7 Å². The van der Waals surface area contributed by atoms with Gasteiger partial charge in [-0.1, -0.05) is 26.0 Å². The largest absolute Gasteiger partial charge is 0.258 e. The molecule has 1 aromatic heterocycles. The summed E-state index contributed by atoms with van der Waals surface area (Å²) in [6.07, 6.45) is 0. The maximum Gasteiger partial charge on any atom is 0.238 e. The molecule has 0 aliphatic carbocycles. The lowest BCUT2D eigenvalue weighted by Gasteiger charge is -2.05. The quantitative estimate of drug-likeness (QED) is 0.917. The number of hydrogen-bond donors (Lipinski definition) is 1. The molecular weight excluding hydrogens is 306 g/mol. The first kappa shape index (κ1) is 15.5. The third-order valence-electron chi connectivity index (χ3n) is 2.80. The monoisotopic (exact) mass is 321 g/mol. The van der Waals surface area contributed by atoms with Crippen molar-refractivity contribution < 1.29 is 8.42 Å². The lowest BCUT2D eigenvalue weighted by Crippen LogP contribution is -2.15. The molecule has 0 amide bonds. The Morgan fingerprint density at radius 1 is 1.33 bits per heavy atom. The molecule has 0 unspecified atom stereocenters. The Morgan fingerprint density at radius 3 is 2.52 bits per heavy atom. The van der Waals surface area contributed by atoms with Crippen LogP contribution < -0.4 is 4.72 Å². The fourth-order valence-electron chi connectivity index (χ4n) is 1.66. The van der Waals surface area contributed by atoms with Crippen LogP contribution in [-0.2, 0) is 15.8 Å². The van der Waals surface area contributed by atoms with Crippen molar-refractivity contribution in [3.8, 4) is 6.07 Å².